The molecule has 1 atom stereocenters. The predicted molar refractivity (Wildman–Crippen MR) is 102 cm³/mol. The Hall–Kier alpha value is -2.79. The standard InChI is InChI=1S/C21H21N3O2/c25-21(13-17-8-3-4-11-26-17)23-16-7-5-6-15(12-16)20-14-22-18-9-1-2-10-19(18)24-20/h1-2,5-7,9-10,12,14,17H,3-4,8,11,13H2,(H,23,25). The van der Waals surface area contributed by atoms with Crippen LogP contribution in [0.5, 0.6) is 0 Å². The van der Waals surface area contributed by atoms with Gasteiger partial charge in [-0.15, -0.1) is 0 Å². The van der Waals surface area contributed by atoms with Crippen molar-refractivity contribution in [2.75, 3.05) is 11.9 Å². The molecule has 0 saturated carbocycles. The molecule has 1 aliphatic rings. The van der Waals surface area contributed by atoms with Gasteiger partial charge in [-0.25, -0.2) is 4.98 Å². The maximum Gasteiger partial charge on any atom is 0.226 e. The summed E-state index contributed by atoms with van der Waals surface area (Å²) in [5.41, 5.74) is 4.20. The second-order valence-corrected chi connectivity index (χ2v) is 6.57. The molecule has 26 heavy (non-hydrogen) atoms. The highest BCUT2D eigenvalue weighted by molar-refractivity contribution is 5.91. The summed E-state index contributed by atoms with van der Waals surface area (Å²) in [7, 11) is 0. The largest absolute Gasteiger partial charge is 0.378 e. The zero-order valence-corrected chi connectivity index (χ0v) is 14.5. The summed E-state index contributed by atoms with van der Waals surface area (Å²) in [4.78, 5) is 21.4. The van der Waals surface area contributed by atoms with E-state index in [0.29, 0.717) is 6.42 Å². The number of anilines is 1. The number of nitrogens with one attached hydrogen (secondary N) is 1. The number of carbonyl (C=O) groups is 1. The third kappa shape index (κ3) is 3.89. The van der Waals surface area contributed by atoms with Crippen LogP contribution in [0.2, 0.25) is 0 Å². The van der Waals surface area contributed by atoms with E-state index in [1.54, 1.807) is 6.20 Å². The van der Waals surface area contributed by atoms with Crippen LogP contribution in [0.1, 0.15) is 25.7 Å². The maximum absolute atomic E-state index is 12.3. The Morgan fingerprint density at radius 2 is 2.00 bits per heavy atom. The number of aromatic nitrogens is 2. The van der Waals surface area contributed by atoms with E-state index in [2.05, 4.69) is 15.3 Å². The third-order valence-electron chi connectivity index (χ3n) is 4.58. The van der Waals surface area contributed by atoms with E-state index in [1.165, 1.54) is 0 Å². The first-order chi connectivity index (χ1) is 12.8. The molecule has 4 rings (SSSR count). The Bertz CT molecular complexity index is 920. The summed E-state index contributed by atoms with van der Waals surface area (Å²) < 4.78 is 5.64. The maximum atomic E-state index is 12.3. The monoisotopic (exact) mass is 347 g/mol. The fourth-order valence-corrected chi connectivity index (χ4v) is 3.24. The molecule has 1 amide bonds. The second-order valence-electron chi connectivity index (χ2n) is 6.57. The highest BCUT2D eigenvalue weighted by atomic mass is 16.5. The van der Waals surface area contributed by atoms with E-state index in [9.17, 15) is 4.79 Å². The number of hydrogen-bond donors (Lipinski definition) is 1. The van der Waals surface area contributed by atoms with Crippen molar-refractivity contribution in [3.05, 3.63) is 54.7 Å². The van der Waals surface area contributed by atoms with Crippen molar-refractivity contribution in [2.45, 2.75) is 31.8 Å². The van der Waals surface area contributed by atoms with Crippen molar-refractivity contribution in [3.63, 3.8) is 0 Å². The lowest BCUT2D eigenvalue weighted by atomic mass is 10.1. The van der Waals surface area contributed by atoms with E-state index in [0.717, 1.165) is 53.8 Å². The van der Waals surface area contributed by atoms with E-state index in [1.807, 2.05) is 48.5 Å². The minimum Gasteiger partial charge on any atom is -0.378 e. The SMILES string of the molecule is O=C(CC1CCCCO1)Nc1cccc(-c2cnc3ccccc3n2)c1. The number of para-hydroxylation sites is 2. The van der Waals surface area contributed by atoms with Crippen molar-refractivity contribution in [1.82, 2.24) is 9.97 Å². The molecule has 0 aliphatic carbocycles. The molecule has 0 radical (unpaired) electrons. The van der Waals surface area contributed by atoms with Crippen molar-refractivity contribution < 1.29 is 9.53 Å². The Kier molecular flexibility index (Phi) is 4.88. The highest BCUT2D eigenvalue weighted by Crippen LogP contribution is 2.23. The molecule has 5 nitrogen and oxygen atoms in total. The van der Waals surface area contributed by atoms with Gasteiger partial charge in [0.15, 0.2) is 0 Å². The van der Waals surface area contributed by atoms with E-state index in [-0.39, 0.29) is 12.0 Å². The van der Waals surface area contributed by atoms with Crippen molar-refractivity contribution in [1.29, 1.82) is 0 Å². The molecule has 1 N–H and O–H groups in total. The number of amides is 1. The molecule has 132 valence electrons. The minimum absolute atomic E-state index is 0.0151. The van der Waals surface area contributed by atoms with E-state index in [4.69, 9.17) is 4.74 Å². The Labute approximate surface area is 152 Å². The molecular formula is C21H21N3O2. The smallest absolute Gasteiger partial charge is 0.226 e. The van der Waals surface area contributed by atoms with Gasteiger partial charge in [0.05, 0.1) is 35.4 Å². The zero-order valence-electron chi connectivity index (χ0n) is 14.5. The van der Waals surface area contributed by atoms with Crippen LogP contribution in [0.25, 0.3) is 22.3 Å². The molecule has 1 fully saturated rings. The molecule has 3 aromatic rings. The molecule has 1 unspecified atom stereocenters. The van der Waals surface area contributed by atoms with Gasteiger partial charge in [-0.2, -0.15) is 0 Å². The number of hydrogen-bond acceptors (Lipinski definition) is 4. The van der Waals surface area contributed by atoms with Crippen LogP contribution in [0.15, 0.2) is 54.7 Å². The van der Waals surface area contributed by atoms with Gasteiger partial charge < -0.3 is 10.1 Å². The Morgan fingerprint density at radius 1 is 1.12 bits per heavy atom. The zero-order chi connectivity index (χ0) is 17.8. The minimum atomic E-state index is -0.0151. The first kappa shape index (κ1) is 16.7. The van der Waals surface area contributed by atoms with Gasteiger partial charge in [-0.3, -0.25) is 9.78 Å². The predicted octanol–water partition coefficient (Wildman–Crippen LogP) is 4.19. The second kappa shape index (κ2) is 7.62. The third-order valence-corrected chi connectivity index (χ3v) is 4.58. The fourth-order valence-electron chi connectivity index (χ4n) is 3.24. The van der Waals surface area contributed by atoms with Crippen molar-refractivity contribution >= 4 is 22.6 Å². The highest BCUT2D eigenvalue weighted by Gasteiger charge is 2.17. The first-order valence-corrected chi connectivity index (χ1v) is 9.01. The van der Waals surface area contributed by atoms with Gasteiger partial charge in [0.2, 0.25) is 5.91 Å². The normalized spacial score (nSPS) is 17.2. The van der Waals surface area contributed by atoms with Gasteiger partial charge >= 0.3 is 0 Å². The molecule has 2 heterocycles. The van der Waals surface area contributed by atoms with Crippen LogP contribution in [-0.2, 0) is 9.53 Å². The van der Waals surface area contributed by atoms with Crippen molar-refractivity contribution in [2.24, 2.45) is 0 Å². The summed E-state index contributed by atoms with van der Waals surface area (Å²) in [6, 6.07) is 15.5. The van der Waals surface area contributed by atoms with Gasteiger partial charge in [-0.05, 0) is 43.5 Å². The lowest BCUT2D eigenvalue weighted by Gasteiger charge is -2.22. The summed E-state index contributed by atoms with van der Waals surface area (Å²) in [5.74, 6) is -0.0151. The summed E-state index contributed by atoms with van der Waals surface area (Å²) in [5, 5.41) is 2.97. The van der Waals surface area contributed by atoms with E-state index < -0.39 is 0 Å². The van der Waals surface area contributed by atoms with Gasteiger partial charge in [0.25, 0.3) is 0 Å². The van der Waals surface area contributed by atoms with Crippen LogP contribution in [-0.4, -0.2) is 28.6 Å². The van der Waals surface area contributed by atoms with Crippen LogP contribution < -0.4 is 5.32 Å². The van der Waals surface area contributed by atoms with Gasteiger partial charge in [0, 0.05) is 17.9 Å². The Balaban J connectivity index is 1.49. The number of nitrogens with zero attached hydrogens (tertiary/aromatic N) is 2. The number of carbonyl (C=O) groups excluding carboxylic acids is 1. The van der Waals surface area contributed by atoms with Crippen molar-refractivity contribution in [3.8, 4) is 11.3 Å². The van der Waals surface area contributed by atoms with Crippen LogP contribution in [0.4, 0.5) is 5.69 Å². The van der Waals surface area contributed by atoms with Crippen LogP contribution >= 0.6 is 0 Å². The number of rotatable bonds is 4. The lowest BCUT2D eigenvalue weighted by Crippen LogP contribution is -2.25. The lowest BCUT2D eigenvalue weighted by molar-refractivity contribution is -0.119. The average Bonchev–Trinajstić information content (AvgIpc) is 2.68. The molecular weight excluding hydrogens is 326 g/mol. The molecule has 1 aliphatic heterocycles. The van der Waals surface area contributed by atoms with Gasteiger partial charge in [-0.1, -0.05) is 24.3 Å². The fraction of sp³-hybridized carbons (Fsp3) is 0.286. The number of benzene rings is 2. The quantitative estimate of drug-likeness (QED) is 0.768. The molecule has 1 aromatic heterocycles. The Morgan fingerprint density at radius 3 is 2.85 bits per heavy atom. The average molecular weight is 347 g/mol. The van der Waals surface area contributed by atoms with E-state index >= 15 is 0 Å². The van der Waals surface area contributed by atoms with Crippen LogP contribution in [0.3, 0.4) is 0 Å². The molecule has 0 bridgehead atoms. The molecule has 5 heteroatoms. The summed E-state index contributed by atoms with van der Waals surface area (Å²) >= 11 is 0. The van der Waals surface area contributed by atoms with Gasteiger partial charge in [0.1, 0.15) is 0 Å². The molecule has 1 saturated heterocycles. The topological polar surface area (TPSA) is 64.1 Å². The number of fused-ring (bicyclic) bond motifs is 1. The summed E-state index contributed by atoms with van der Waals surface area (Å²) in [6.45, 7) is 0.758. The van der Waals surface area contributed by atoms with Crippen LogP contribution in [0, 0.1) is 0 Å². The first-order valence-electron chi connectivity index (χ1n) is 9.01. The number of ether oxygens (including phenoxy) is 1. The molecule has 0 spiro atoms. The summed E-state index contributed by atoms with van der Waals surface area (Å²) in [6.07, 6.45) is 5.39. The molecule has 2 aromatic carbocycles.